The van der Waals surface area contributed by atoms with Crippen molar-refractivity contribution in [2.24, 2.45) is 0 Å². The second-order valence-electron chi connectivity index (χ2n) is 4.67. The van der Waals surface area contributed by atoms with Gasteiger partial charge in [-0.2, -0.15) is 0 Å². The van der Waals surface area contributed by atoms with Crippen LogP contribution in [0.3, 0.4) is 0 Å². The summed E-state index contributed by atoms with van der Waals surface area (Å²) in [6.45, 7) is 1.63. The summed E-state index contributed by atoms with van der Waals surface area (Å²) in [7, 11) is 0. The molecule has 1 fully saturated rings. The van der Waals surface area contributed by atoms with Crippen LogP contribution in [0.2, 0.25) is 0 Å². The SMILES string of the molecule is FC(F)C1CCCN1CCCc1ccccc1. The predicted octanol–water partition coefficient (Wildman–Crippen LogP) is 3.35. The van der Waals surface area contributed by atoms with Gasteiger partial charge in [0.05, 0.1) is 6.04 Å². The van der Waals surface area contributed by atoms with E-state index >= 15 is 0 Å². The molecule has 0 aromatic heterocycles. The summed E-state index contributed by atoms with van der Waals surface area (Å²) < 4.78 is 25.4. The zero-order chi connectivity index (χ0) is 12.1. The first-order valence-corrected chi connectivity index (χ1v) is 6.33. The third-order valence-electron chi connectivity index (χ3n) is 3.46. The molecular weight excluding hydrogens is 220 g/mol. The van der Waals surface area contributed by atoms with E-state index in [0.29, 0.717) is 6.42 Å². The van der Waals surface area contributed by atoms with E-state index in [2.05, 4.69) is 12.1 Å². The van der Waals surface area contributed by atoms with Crippen molar-refractivity contribution in [3.8, 4) is 0 Å². The normalized spacial score (nSPS) is 21.2. The smallest absolute Gasteiger partial charge is 0.253 e. The van der Waals surface area contributed by atoms with Crippen LogP contribution in [-0.4, -0.2) is 30.5 Å². The zero-order valence-corrected chi connectivity index (χ0v) is 9.99. The molecule has 1 heterocycles. The highest BCUT2D eigenvalue weighted by molar-refractivity contribution is 5.14. The van der Waals surface area contributed by atoms with Crippen LogP contribution in [-0.2, 0) is 6.42 Å². The number of likely N-dealkylation sites (tertiary alicyclic amines) is 1. The Kier molecular flexibility index (Phi) is 4.49. The van der Waals surface area contributed by atoms with Crippen molar-refractivity contribution in [2.45, 2.75) is 38.2 Å². The van der Waals surface area contributed by atoms with Crippen molar-refractivity contribution in [3.05, 3.63) is 35.9 Å². The number of hydrogen-bond acceptors (Lipinski definition) is 1. The topological polar surface area (TPSA) is 3.24 Å². The lowest BCUT2D eigenvalue weighted by molar-refractivity contribution is 0.0470. The highest BCUT2D eigenvalue weighted by Gasteiger charge is 2.31. The molecule has 0 radical (unpaired) electrons. The van der Waals surface area contributed by atoms with Crippen molar-refractivity contribution in [1.29, 1.82) is 0 Å². The average molecular weight is 239 g/mol. The standard InChI is InChI=1S/C14H19F2N/c15-14(16)13-9-5-11-17(13)10-4-8-12-6-2-1-3-7-12/h1-3,6-7,13-14H,4-5,8-11H2. The van der Waals surface area contributed by atoms with Crippen LogP contribution in [0.25, 0.3) is 0 Å². The fourth-order valence-electron chi connectivity index (χ4n) is 2.55. The molecule has 1 saturated heterocycles. The molecule has 1 nitrogen and oxygen atoms in total. The molecule has 2 rings (SSSR count). The van der Waals surface area contributed by atoms with Gasteiger partial charge in [0.25, 0.3) is 6.43 Å². The number of aryl methyl sites for hydroxylation is 1. The molecular formula is C14H19F2N. The van der Waals surface area contributed by atoms with Gasteiger partial charge in [-0.15, -0.1) is 0 Å². The van der Waals surface area contributed by atoms with Gasteiger partial charge in [-0.05, 0) is 44.3 Å². The molecule has 0 saturated carbocycles. The Bertz CT molecular complexity index is 326. The maximum atomic E-state index is 12.7. The molecule has 3 heteroatoms. The Hall–Kier alpha value is -0.960. The van der Waals surface area contributed by atoms with Gasteiger partial charge in [-0.1, -0.05) is 30.3 Å². The summed E-state index contributed by atoms with van der Waals surface area (Å²) in [5.74, 6) is 0. The fourth-order valence-corrected chi connectivity index (χ4v) is 2.55. The van der Waals surface area contributed by atoms with Crippen molar-refractivity contribution in [3.63, 3.8) is 0 Å². The Morgan fingerprint density at radius 3 is 2.71 bits per heavy atom. The third kappa shape index (κ3) is 3.50. The first kappa shape index (κ1) is 12.5. The molecule has 1 atom stereocenters. The third-order valence-corrected chi connectivity index (χ3v) is 3.46. The minimum Gasteiger partial charge on any atom is -0.295 e. The molecule has 1 aromatic rings. The number of benzene rings is 1. The summed E-state index contributed by atoms with van der Waals surface area (Å²) in [6, 6.07) is 9.73. The van der Waals surface area contributed by atoms with E-state index in [9.17, 15) is 8.78 Å². The Balaban J connectivity index is 1.75. The van der Waals surface area contributed by atoms with Crippen LogP contribution in [0.5, 0.6) is 0 Å². The average Bonchev–Trinajstić information content (AvgIpc) is 2.79. The molecule has 1 aliphatic heterocycles. The quantitative estimate of drug-likeness (QED) is 0.761. The lowest BCUT2D eigenvalue weighted by Crippen LogP contribution is -2.35. The van der Waals surface area contributed by atoms with Crippen LogP contribution in [0, 0.1) is 0 Å². The largest absolute Gasteiger partial charge is 0.295 e. The Morgan fingerprint density at radius 1 is 1.24 bits per heavy atom. The van der Waals surface area contributed by atoms with Gasteiger partial charge in [-0.3, -0.25) is 4.90 Å². The van der Waals surface area contributed by atoms with Crippen molar-refractivity contribution >= 4 is 0 Å². The molecule has 0 aliphatic carbocycles. The summed E-state index contributed by atoms with van der Waals surface area (Å²) in [5, 5.41) is 0. The van der Waals surface area contributed by atoms with Crippen molar-refractivity contribution < 1.29 is 8.78 Å². The highest BCUT2D eigenvalue weighted by atomic mass is 19.3. The first-order chi connectivity index (χ1) is 8.27. The lowest BCUT2D eigenvalue weighted by Gasteiger charge is -2.23. The van der Waals surface area contributed by atoms with Gasteiger partial charge < -0.3 is 0 Å². The van der Waals surface area contributed by atoms with E-state index < -0.39 is 12.5 Å². The van der Waals surface area contributed by atoms with Crippen LogP contribution >= 0.6 is 0 Å². The summed E-state index contributed by atoms with van der Waals surface area (Å²) in [4.78, 5) is 1.95. The van der Waals surface area contributed by atoms with Gasteiger partial charge >= 0.3 is 0 Å². The van der Waals surface area contributed by atoms with Crippen LogP contribution < -0.4 is 0 Å². The van der Waals surface area contributed by atoms with Gasteiger partial charge in [0.1, 0.15) is 0 Å². The van der Waals surface area contributed by atoms with Crippen LogP contribution in [0.15, 0.2) is 30.3 Å². The Morgan fingerprint density at radius 2 is 2.00 bits per heavy atom. The van der Waals surface area contributed by atoms with Gasteiger partial charge in [-0.25, -0.2) is 8.78 Å². The number of rotatable bonds is 5. The van der Waals surface area contributed by atoms with E-state index in [1.165, 1.54) is 5.56 Å². The van der Waals surface area contributed by atoms with E-state index in [1.807, 2.05) is 23.1 Å². The number of nitrogens with zero attached hydrogens (tertiary/aromatic N) is 1. The molecule has 1 aliphatic rings. The first-order valence-electron chi connectivity index (χ1n) is 6.33. The number of hydrogen-bond donors (Lipinski definition) is 0. The predicted molar refractivity (Wildman–Crippen MR) is 65.4 cm³/mol. The second kappa shape index (κ2) is 6.10. The molecule has 1 unspecified atom stereocenters. The zero-order valence-electron chi connectivity index (χ0n) is 9.99. The molecule has 0 spiro atoms. The summed E-state index contributed by atoms with van der Waals surface area (Å²) in [5.41, 5.74) is 1.29. The maximum absolute atomic E-state index is 12.7. The van der Waals surface area contributed by atoms with E-state index in [4.69, 9.17) is 0 Å². The molecule has 0 bridgehead atoms. The molecule has 94 valence electrons. The highest BCUT2D eigenvalue weighted by Crippen LogP contribution is 2.23. The lowest BCUT2D eigenvalue weighted by atomic mass is 10.1. The van der Waals surface area contributed by atoms with Gasteiger partial charge in [0.15, 0.2) is 0 Å². The fraction of sp³-hybridized carbons (Fsp3) is 0.571. The van der Waals surface area contributed by atoms with E-state index in [-0.39, 0.29) is 0 Å². The second-order valence-corrected chi connectivity index (χ2v) is 4.67. The maximum Gasteiger partial charge on any atom is 0.253 e. The van der Waals surface area contributed by atoms with Crippen LogP contribution in [0.1, 0.15) is 24.8 Å². The van der Waals surface area contributed by atoms with E-state index in [0.717, 1.165) is 32.4 Å². The van der Waals surface area contributed by atoms with Crippen LogP contribution in [0.4, 0.5) is 8.78 Å². The monoisotopic (exact) mass is 239 g/mol. The summed E-state index contributed by atoms with van der Waals surface area (Å²) in [6.07, 6.45) is 1.33. The summed E-state index contributed by atoms with van der Waals surface area (Å²) >= 11 is 0. The Labute approximate surface area is 101 Å². The van der Waals surface area contributed by atoms with Crippen molar-refractivity contribution in [2.75, 3.05) is 13.1 Å². The minimum atomic E-state index is -2.19. The number of halogens is 2. The molecule has 0 N–H and O–H groups in total. The van der Waals surface area contributed by atoms with Gasteiger partial charge in [0, 0.05) is 0 Å². The minimum absolute atomic E-state index is 0.495. The molecule has 1 aromatic carbocycles. The van der Waals surface area contributed by atoms with E-state index in [1.54, 1.807) is 0 Å². The molecule has 17 heavy (non-hydrogen) atoms. The van der Waals surface area contributed by atoms with Crippen molar-refractivity contribution in [1.82, 2.24) is 4.90 Å². The number of alkyl halides is 2. The molecule has 0 amide bonds. The van der Waals surface area contributed by atoms with Gasteiger partial charge in [0.2, 0.25) is 0 Å².